The number of nitrogens with zero attached hydrogens (tertiary/aromatic N) is 1. The Morgan fingerprint density at radius 1 is 0.667 bits per heavy atom. The Morgan fingerprint density at radius 2 is 0.889 bits per heavy atom. The number of rotatable bonds is 4. The lowest BCUT2D eigenvalue weighted by molar-refractivity contribution is 0.239. The molecule has 0 aromatic rings. The summed E-state index contributed by atoms with van der Waals surface area (Å²) in [6.07, 6.45) is 0. The summed E-state index contributed by atoms with van der Waals surface area (Å²) < 4.78 is 0. The first-order valence-electron chi connectivity index (χ1n) is 6.82. The summed E-state index contributed by atoms with van der Waals surface area (Å²) in [5.41, 5.74) is 0.556. The zero-order chi connectivity index (χ0) is 15.2. The highest BCUT2D eigenvalue weighted by atomic mass is 29.9. The van der Waals surface area contributed by atoms with Crippen LogP contribution in [0.5, 0.6) is 0 Å². The minimum absolute atomic E-state index is 0.556. The topological polar surface area (TPSA) is 20.3 Å². The molecule has 0 heterocycles. The number of carbonyl (C=O) groups is 1. The van der Waals surface area contributed by atoms with Crippen molar-refractivity contribution in [1.29, 1.82) is 0 Å². The third kappa shape index (κ3) is 2.76. The normalized spacial score (nSPS) is 14.6. The van der Waals surface area contributed by atoms with Crippen molar-refractivity contribution in [2.75, 3.05) is 14.1 Å². The SMILES string of the molecule is CN(C)C(=O)[Si]([Si](C)(C)C)([Si](C)(C)C)[Si](C)(C)C. The second kappa shape index (κ2) is 5.03. The van der Waals surface area contributed by atoms with E-state index in [9.17, 15) is 4.79 Å². The van der Waals surface area contributed by atoms with Gasteiger partial charge in [-0.15, -0.1) is 0 Å². The van der Waals surface area contributed by atoms with Crippen LogP contribution in [0.1, 0.15) is 0 Å². The lowest BCUT2D eigenvalue weighted by atomic mass is 11.0. The molecule has 0 N–H and O–H groups in total. The van der Waals surface area contributed by atoms with Crippen molar-refractivity contribution in [1.82, 2.24) is 4.90 Å². The molecule has 0 aliphatic carbocycles. The fraction of sp³-hybridized carbons (Fsp3) is 0.917. The number of carbonyl (C=O) groups excluding carboxylic acids is 1. The summed E-state index contributed by atoms with van der Waals surface area (Å²) >= 11 is 0. The van der Waals surface area contributed by atoms with Gasteiger partial charge in [0.15, 0.2) is 5.53 Å². The average molecular weight is 320 g/mol. The smallest absolute Gasteiger partial charge is 0.186 e. The van der Waals surface area contributed by atoms with Gasteiger partial charge in [0.05, 0.1) is 0 Å². The van der Waals surface area contributed by atoms with Gasteiger partial charge in [-0.3, -0.25) is 4.79 Å². The highest BCUT2D eigenvalue weighted by Gasteiger charge is 2.67. The molecule has 0 rings (SSSR count). The summed E-state index contributed by atoms with van der Waals surface area (Å²) in [5, 5.41) is 0. The van der Waals surface area contributed by atoms with Crippen LogP contribution >= 0.6 is 0 Å². The van der Waals surface area contributed by atoms with Crippen molar-refractivity contribution in [3.8, 4) is 0 Å². The van der Waals surface area contributed by atoms with Gasteiger partial charge in [-0.05, 0) is 0 Å². The van der Waals surface area contributed by atoms with Gasteiger partial charge in [-0.1, -0.05) is 58.9 Å². The fourth-order valence-electron chi connectivity index (χ4n) is 4.67. The lowest BCUT2D eigenvalue weighted by Gasteiger charge is -2.56. The monoisotopic (exact) mass is 319 g/mol. The molecule has 6 heteroatoms. The Balaban J connectivity index is 6.37. The minimum atomic E-state index is -1.86. The molecule has 0 spiro atoms. The number of amides is 1. The molecule has 0 aliphatic rings. The van der Waals surface area contributed by atoms with Gasteiger partial charge < -0.3 is 4.90 Å². The first kappa shape index (κ1) is 18.3. The molecule has 1 amide bonds. The van der Waals surface area contributed by atoms with Crippen molar-refractivity contribution >= 4 is 34.9 Å². The van der Waals surface area contributed by atoms with Gasteiger partial charge in [0.2, 0.25) is 0 Å². The van der Waals surface area contributed by atoms with Crippen LogP contribution in [0.2, 0.25) is 58.9 Å². The van der Waals surface area contributed by atoms with Crippen LogP contribution in [0, 0.1) is 0 Å². The van der Waals surface area contributed by atoms with E-state index in [1.165, 1.54) is 0 Å². The molecule has 0 radical (unpaired) electrons. The van der Waals surface area contributed by atoms with E-state index in [1.54, 1.807) is 0 Å². The van der Waals surface area contributed by atoms with Crippen molar-refractivity contribution in [3.63, 3.8) is 0 Å². The molecule has 0 saturated heterocycles. The Morgan fingerprint density at radius 3 is 0.944 bits per heavy atom. The largest absolute Gasteiger partial charge is 0.354 e. The Bertz CT molecular complexity index is 284. The molecule has 0 aliphatic heterocycles. The quantitative estimate of drug-likeness (QED) is 0.719. The molecule has 0 aromatic heterocycles. The van der Waals surface area contributed by atoms with Crippen molar-refractivity contribution in [2.24, 2.45) is 0 Å². The zero-order valence-corrected chi connectivity index (χ0v) is 18.4. The van der Waals surface area contributed by atoms with Crippen LogP contribution in [0.3, 0.4) is 0 Å². The molecule has 2 nitrogen and oxygen atoms in total. The van der Waals surface area contributed by atoms with Gasteiger partial charge in [0.25, 0.3) is 0 Å². The lowest BCUT2D eigenvalue weighted by Crippen LogP contribution is -2.87. The summed E-state index contributed by atoms with van der Waals surface area (Å²) in [4.78, 5) is 15.1. The van der Waals surface area contributed by atoms with Gasteiger partial charge in [-0.25, -0.2) is 0 Å². The Labute approximate surface area is 118 Å². The van der Waals surface area contributed by atoms with Gasteiger partial charge in [0.1, 0.15) is 6.63 Å². The summed E-state index contributed by atoms with van der Waals surface area (Å²) in [7, 11) is -0.462. The molecule has 0 fully saturated rings. The third-order valence-electron chi connectivity index (χ3n) is 4.10. The molecule has 0 saturated carbocycles. The first-order chi connectivity index (χ1) is 7.60. The zero-order valence-electron chi connectivity index (χ0n) is 14.4. The second-order valence-corrected chi connectivity index (χ2v) is 48.9. The molecule has 0 bridgehead atoms. The minimum Gasteiger partial charge on any atom is -0.354 e. The third-order valence-corrected chi connectivity index (χ3v) is 74.6. The van der Waals surface area contributed by atoms with E-state index in [0.717, 1.165) is 0 Å². The standard InChI is InChI=1S/C12H33NOSi4/c1-13(2)12(14)18(15(3,4)5,16(6,7)8)17(9,10)11/h1-11H3. The highest BCUT2D eigenvalue weighted by Crippen LogP contribution is 2.38. The van der Waals surface area contributed by atoms with E-state index >= 15 is 0 Å². The summed E-state index contributed by atoms with van der Waals surface area (Å²) in [6.45, 7) is 20.2. The van der Waals surface area contributed by atoms with Crippen molar-refractivity contribution in [3.05, 3.63) is 0 Å². The van der Waals surface area contributed by atoms with Crippen LogP contribution < -0.4 is 0 Å². The number of hydrogen-bond donors (Lipinski definition) is 0. The maximum atomic E-state index is 13.2. The van der Waals surface area contributed by atoms with Crippen LogP contribution in [-0.4, -0.2) is 53.9 Å². The Hall–Kier alpha value is 0.338. The van der Waals surface area contributed by atoms with Gasteiger partial charge in [0, 0.05) is 36.9 Å². The van der Waals surface area contributed by atoms with E-state index in [1.807, 2.05) is 19.0 Å². The van der Waals surface area contributed by atoms with E-state index in [0.29, 0.717) is 5.53 Å². The maximum Gasteiger partial charge on any atom is 0.186 e. The molecular weight excluding hydrogens is 286 g/mol. The van der Waals surface area contributed by atoms with Gasteiger partial charge in [-0.2, -0.15) is 0 Å². The van der Waals surface area contributed by atoms with E-state index in [4.69, 9.17) is 0 Å². The van der Waals surface area contributed by atoms with Crippen molar-refractivity contribution < 1.29 is 4.79 Å². The predicted octanol–water partition coefficient (Wildman–Crippen LogP) is 3.95. The summed E-state index contributed by atoms with van der Waals surface area (Å²) in [5.74, 6) is 0. The predicted molar refractivity (Wildman–Crippen MR) is 94.9 cm³/mol. The fourth-order valence-corrected chi connectivity index (χ4v) is 103. The molecule has 0 unspecified atom stereocenters. The average Bonchev–Trinajstić information content (AvgIpc) is 1.94. The number of hydrogen-bond acceptors (Lipinski definition) is 1. The van der Waals surface area contributed by atoms with Crippen LogP contribution in [0.4, 0.5) is 4.79 Å². The molecule has 108 valence electrons. The first-order valence-corrected chi connectivity index (χ1v) is 22.3. The summed E-state index contributed by atoms with van der Waals surface area (Å²) in [6, 6.07) is 0. The van der Waals surface area contributed by atoms with Crippen LogP contribution in [-0.2, 0) is 0 Å². The molecular formula is C12H33NOSi4. The van der Waals surface area contributed by atoms with Crippen LogP contribution in [0.15, 0.2) is 0 Å². The molecule has 0 aromatic carbocycles. The second-order valence-electron chi connectivity index (χ2n) is 8.70. The van der Waals surface area contributed by atoms with E-state index < -0.39 is 29.4 Å². The van der Waals surface area contributed by atoms with Gasteiger partial charge >= 0.3 is 0 Å². The molecule has 18 heavy (non-hydrogen) atoms. The highest BCUT2D eigenvalue weighted by molar-refractivity contribution is 7.96. The Kier molecular flexibility index (Phi) is 5.12. The van der Waals surface area contributed by atoms with E-state index in [2.05, 4.69) is 58.9 Å². The maximum absolute atomic E-state index is 13.2. The van der Waals surface area contributed by atoms with Crippen LogP contribution in [0.25, 0.3) is 0 Å². The van der Waals surface area contributed by atoms with E-state index in [-0.39, 0.29) is 0 Å². The molecule has 0 atom stereocenters. The van der Waals surface area contributed by atoms with Crippen molar-refractivity contribution in [2.45, 2.75) is 58.9 Å².